The van der Waals surface area contributed by atoms with Crippen LogP contribution in [0.2, 0.25) is 0 Å². The zero-order valence-corrected chi connectivity index (χ0v) is 10.1. The summed E-state index contributed by atoms with van der Waals surface area (Å²) in [7, 11) is -3.75. The van der Waals surface area contributed by atoms with Gasteiger partial charge in [-0.2, -0.15) is 17.9 Å². The summed E-state index contributed by atoms with van der Waals surface area (Å²) >= 11 is 0. The Morgan fingerprint density at radius 3 is 1.87 bits per heavy atom. The van der Waals surface area contributed by atoms with Gasteiger partial charge >= 0.3 is 5.97 Å². The molecule has 3 N–H and O–H groups in total. The molecular weight excluding hydrogens is 220 g/mol. The minimum Gasteiger partial charge on any atom is -0.480 e. The number of aliphatic carboxylic acids is 1. The first-order valence-electron chi connectivity index (χ1n) is 4.68. The van der Waals surface area contributed by atoms with Crippen LogP contribution in [0.5, 0.6) is 0 Å². The average Bonchev–Trinajstić information content (AvgIpc) is 1.96. The topological polar surface area (TPSA) is 95.5 Å². The van der Waals surface area contributed by atoms with Gasteiger partial charge in [-0.05, 0) is 19.8 Å². The van der Waals surface area contributed by atoms with Gasteiger partial charge in [0.05, 0.1) is 0 Å². The Kier molecular flexibility index (Phi) is 5.19. The van der Waals surface area contributed by atoms with E-state index in [0.717, 1.165) is 0 Å². The lowest BCUT2D eigenvalue weighted by Gasteiger charge is -2.19. The van der Waals surface area contributed by atoms with Gasteiger partial charge in [-0.1, -0.05) is 13.8 Å². The van der Waals surface area contributed by atoms with Gasteiger partial charge in [0.1, 0.15) is 6.04 Å². The highest BCUT2D eigenvalue weighted by Gasteiger charge is 2.26. The fourth-order valence-electron chi connectivity index (χ4n) is 0.983. The van der Waals surface area contributed by atoms with Crippen LogP contribution in [0, 0.1) is 5.92 Å². The highest BCUT2D eigenvalue weighted by molar-refractivity contribution is 7.87. The third kappa shape index (κ3) is 5.71. The monoisotopic (exact) mass is 238 g/mol. The zero-order chi connectivity index (χ0) is 12.2. The van der Waals surface area contributed by atoms with E-state index in [4.69, 9.17) is 5.11 Å². The van der Waals surface area contributed by atoms with Crippen LogP contribution >= 0.6 is 0 Å². The third-order valence-electron chi connectivity index (χ3n) is 1.61. The van der Waals surface area contributed by atoms with Gasteiger partial charge in [0.25, 0.3) is 10.2 Å². The van der Waals surface area contributed by atoms with Gasteiger partial charge in [-0.3, -0.25) is 4.79 Å². The maximum atomic E-state index is 11.4. The van der Waals surface area contributed by atoms with Crippen molar-refractivity contribution in [3.8, 4) is 0 Å². The predicted octanol–water partition coefficient (Wildman–Crippen LogP) is -0.0720. The molecule has 7 heteroatoms. The summed E-state index contributed by atoms with van der Waals surface area (Å²) in [6.07, 6.45) is 0. The molecule has 0 aromatic heterocycles. The SMILES string of the molecule is CC(C)NS(=O)(=O)N[C@@H](C(=O)O)C(C)C. The van der Waals surface area contributed by atoms with Crippen molar-refractivity contribution in [1.29, 1.82) is 0 Å². The summed E-state index contributed by atoms with van der Waals surface area (Å²) in [6.45, 7) is 6.59. The van der Waals surface area contributed by atoms with E-state index < -0.39 is 22.2 Å². The van der Waals surface area contributed by atoms with Crippen LogP contribution in [0.1, 0.15) is 27.7 Å². The summed E-state index contributed by atoms with van der Waals surface area (Å²) in [4.78, 5) is 10.7. The van der Waals surface area contributed by atoms with Crippen LogP contribution in [-0.4, -0.2) is 31.6 Å². The van der Waals surface area contributed by atoms with Crippen LogP contribution < -0.4 is 9.44 Å². The molecule has 0 fully saturated rings. The van der Waals surface area contributed by atoms with Crippen LogP contribution in [0.3, 0.4) is 0 Å². The van der Waals surface area contributed by atoms with Gasteiger partial charge in [-0.25, -0.2) is 0 Å². The fourth-order valence-corrected chi connectivity index (χ4v) is 2.38. The Morgan fingerprint density at radius 2 is 1.60 bits per heavy atom. The predicted molar refractivity (Wildman–Crippen MR) is 56.6 cm³/mol. The van der Waals surface area contributed by atoms with Gasteiger partial charge in [0, 0.05) is 6.04 Å². The molecule has 0 saturated heterocycles. The molecule has 0 heterocycles. The Hall–Kier alpha value is -0.660. The fraction of sp³-hybridized carbons (Fsp3) is 0.875. The lowest BCUT2D eigenvalue weighted by molar-refractivity contribution is -0.140. The second-order valence-electron chi connectivity index (χ2n) is 3.95. The molecule has 0 amide bonds. The maximum absolute atomic E-state index is 11.4. The molecule has 0 radical (unpaired) electrons. The van der Waals surface area contributed by atoms with Crippen molar-refractivity contribution in [2.45, 2.75) is 39.8 Å². The van der Waals surface area contributed by atoms with Crippen LogP contribution in [-0.2, 0) is 15.0 Å². The van der Waals surface area contributed by atoms with Crippen molar-refractivity contribution in [1.82, 2.24) is 9.44 Å². The summed E-state index contributed by atoms with van der Waals surface area (Å²) < 4.78 is 27.1. The van der Waals surface area contributed by atoms with E-state index in [2.05, 4.69) is 9.44 Å². The molecule has 1 atom stereocenters. The largest absolute Gasteiger partial charge is 0.480 e. The zero-order valence-electron chi connectivity index (χ0n) is 9.31. The number of carboxylic acids is 1. The van der Waals surface area contributed by atoms with Crippen LogP contribution in [0.15, 0.2) is 0 Å². The molecule has 0 spiro atoms. The Balaban J connectivity index is 4.61. The average molecular weight is 238 g/mol. The van der Waals surface area contributed by atoms with E-state index in [1.165, 1.54) is 0 Å². The van der Waals surface area contributed by atoms with Crippen molar-refractivity contribution in [3.63, 3.8) is 0 Å². The molecule has 0 unspecified atom stereocenters. The lowest BCUT2D eigenvalue weighted by atomic mass is 10.1. The molecule has 6 nitrogen and oxygen atoms in total. The summed E-state index contributed by atoms with van der Waals surface area (Å²) in [5.74, 6) is -1.50. The van der Waals surface area contributed by atoms with Gasteiger partial charge < -0.3 is 5.11 Å². The van der Waals surface area contributed by atoms with Crippen molar-refractivity contribution in [2.24, 2.45) is 5.92 Å². The first kappa shape index (κ1) is 14.3. The maximum Gasteiger partial charge on any atom is 0.322 e. The van der Waals surface area contributed by atoms with E-state index >= 15 is 0 Å². The molecule has 0 aromatic rings. The lowest BCUT2D eigenvalue weighted by Crippen LogP contribution is -2.50. The Morgan fingerprint density at radius 1 is 1.13 bits per heavy atom. The minimum absolute atomic E-state index is 0.274. The summed E-state index contributed by atoms with van der Waals surface area (Å²) in [6, 6.07) is -1.38. The number of carbonyl (C=O) groups is 1. The molecule has 0 saturated carbocycles. The van der Waals surface area contributed by atoms with E-state index in [9.17, 15) is 13.2 Å². The second kappa shape index (κ2) is 5.43. The number of carboxylic acid groups (broad SMARTS) is 1. The van der Waals surface area contributed by atoms with E-state index in [0.29, 0.717) is 0 Å². The van der Waals surface area contributed by atoms with E-state index in [1.54, 1.807) is 27.7 Å². The second-order valence-corrected chi connectivity index (χ2v) is 5.43. The van der Waals surface area contributed by atoms with Crippen molar-refractivity contribution < 1.29 is 18.3 Å². The number of rotatable bonds is 6. The quantitative estimate of drug-likeness (QED) is 0.603. The molecule has 15 heavy (non-hydrogen) atoms. The summed E-state index contributed by atoms with van der Waals surface area (Å²) in [5, 5.41) is 8.79. The standard InChI is InChI=1S/C8H18N2O4S/c1-5(2)7(8(11)12)10-15(13,14)9-6(3)4/h5-7,9-10H,1-4H3,(H,11,12)/t7-/m1/s1. The first-order valence-corrected chi connectivity index (χ1v) is 6.16. The van der Waals surface area contributed by atoms with Gasteiger partial charge in [0.15, 0.2) is 0 Å². The van der Waals surface area contributed by atoms with Gasteiger partial charge in [-0.15, -0.1) is 0 Å². The number of hydrogen-bond donors (Lipinski definition) is 3. The Labute approximate surface area is 90.2 Å². The van der Waals surface area contributed by atoms with Crippen molar-refractivity contribution >= 4 is 16.2 Å². The molecular formula is C8H18N2O4S. The summed E-state index contributed by atoms with van der Waals surface area (Å²) in [5.41, 5.74) is 0. The molecule has 0 aliphatic rings. The van der Waals surface area contributed by atoms with Crippen molar-refractivity contribution in [3.05, 3.63) is 0 Å². The highest BCUT2D eigenvalue weighted by Crippen LogP contribution is 2.03. The smallest absolute Gasteiger partial charge is 0.322 e. The highest BCUT2D eigenvalue weighted by atomic mass is 32.2. The van der Waals surface area contributed by atoms with Crippen LogP contribution in [0.25, 0.3) is 0 Å². The Bertz CT molecular complexity index is 311. The molecule has 90 valence electrons. The normalized spacial score (nSPS) is 14.5. The van der Waals surface area contributed by atoms with Crippen LogP contribution in [0.4, 0.5) is 0 Å². The molecule has 0 bridgehead atoms. The number of hydrogen-bond acceptors (Lipinski definition) is 3. The first-order chi connectivity index (χ1) is 6.65. The number of nitrogens with one attached hydrogen (secondary N) is 2. The molecule has 0 aliphatic heterocycles. The molecule has 0 rings (SSSR count). The molecule has 0 aromatic carbocycles. The molecule has 0 aliphatic carbocycles. The van der Waals surface area contributed by atoms with E-state index in [-0.39, 0.29) is 12.0 Å². The third-order valence-corrected chi connectivity index (χ3v) is 2.95. The van der Waals surface area contributed by atoms with E-state index in [1.807, 2.05) is 0 Å². The minimum atomic E-state index is -3.75. The van der Waals surface area contributed by atoms with Gasteiger partial charge in [0.2, 0.25) is 0 Å². The van der Waals surface area contributed by atoms with Crippen molar-refractivity contribution in [2.75, 3.05) is 0 Å².